The topological polar surface area (TPSA) is 20.2 Å². The van der Waals surface area contributed by atoms with E-state index in [9.17, 15) is 5.11 Å². The van der Waals surface area contributed by atoms with Crippen LogP contribution in [0.25, 0.3) is 0 Å². The number of aliphatic hydroxyl groups is 1. The molecule has 0 radical (unpaired) electrons. The van der Waals surface area contributed by atoms with Crippen molar-refractivity contribution in [2.75, 3.05) is 6.61 Å². The summed E-state index contributed by atoms with van der Waals surface area (Å²) in [6.07, 6.45) is 0. The van der Waals surface area contributed by atoms with Crippen LogP contribution in [0.15, 0.2) is 0 Å². The molecule has 0 amide bonds. The second-order valence-electron chi connectivity index (χ2n) is 3.51. The fraction of sp³-hybridized carbons (Fsp3) is 1.00. The van der Waals surface area contributed by atoms with E-state index in [2.05, 4.69) is 191 Å². The zero-order chi connectivity index (χ0) is 16.8. The van der Waals surface area contributed by atoms with Gasteiger partial charge in [0.15, 0.2) is 0 Å². The van der Waals surface area contributed by atoms with E-state index < -0.39 is 16.2 Å². The lowest BCUT2D eigenvalue weighted by Gasteiger charge is -2.52. The van der Waals surface area contributed by atoms with Gasteiger partial charge in [-0.05, 0) is 0 Å². The van der Waals surface area contributed by atoms with Gasteiger partial charge < -0.3 is 5.11 Å². The molecule has 0 bridgehead atoms. The lowest BCUT2D eigenvalue weighted by atomic mass is 10.1. The maximum absolute atomic E-state index is 9.60. The highest BCUT2D eigenvalue weighted by Gasteiger charge is 2.70. The van der Waals surface area contributed by atoms with Crippen LogP contribution in [0.4, 0.5) is 0 Å². The van der Waals surface area contributed by atoms with Crippen molar-refractivity contribution >= 4 is 191 Å². The number of hydrogen-bond donors (Lipinski definition) is 1. The van der Waals surface area contributed by atoms with E-state index in [0.29, 0.717) is 0 Å². The number of aliphatic hydroxyl groups excluding tert-OH is 1. The van der Waals surface area contributed by atoms with E-state index in [1.807, 2.05) is 0 Å². The lowest BCUT2D eigenvalue weighted by molar-refractivity contribution is 0.282. The quantitative estimate of drug-likeness (QED) is 0.265. The summed E-state index contributed by atoms with van der Waals surface area (Å²) in [5, 5.41) is 9.60. The van der Waals surface area contributed by atoms with Gasteiger partial charge in [0.05, 0.1) is 10.3 Å². The molecule has 0 aliphatic heterocycles. The molecule has 0 rings (SSSR count). The number of rotatable bonds is 6. The van der Waals surface area contributed by atoms with Gasteiger partial charge in [-0.3, -0.25) is 0 Å². The predicted octanol–water partition coefficient (Wildman–Crippen LogP) is 8.53. The van der Waals surface area contributed by atoms with Crippen LogP contribution in [0.3, 0.4) is 0 Å². The maximum Gasteiger partial charge on any atom is 0.135 e. The average Bonchev–Trinajstić information content (AvgIpc) is 2.27. The molecule has 0 fully saturated rings. The zero-order valence-electron chi connectivity index (χ0n) is 8.77. The minimum absolute atomic E-state index is 0.152. The molecule has 0 saturated carbocycles. The highest BCUT2D eigenvalue weighted by atomic mass is 79.9. The monoisotopic (exact) mass is 1050 g/mol. The Labute approximate surface area is 218 Å². The van der Waals surface area contributed by atoms with Crippen LogP contribution in [0.1, 0.15) is 0 Å². The SMILES string of the molecule is OCC(Br)(Br)C(Br)(Br)C(Br)(Br)C(Br)(Br)C(Br)(Br)C(Br)Br. The first-order valence-corrected chi connectivity index (χ1v) is 14.0. The molecule has 0 aliphatic carbocycles. The first-order valence-electron chi connectivity index (χ1n) is 4.28. The minimum Gasteiger partial charge on any atom is -0.394 e. The molecule has 0 aromatic rings. The summed E-state index contributed by atoms with van der Waals surface area (Å²) in [5.41, 5.74) is 0. The predicted molar refractivity (Wildman–Crippen MR) is 132 cm³/mol. The summed E-state index contributed by atoms with van der Waals surface area (Å²) < 4.78 is -4.28. The number of hydrogen-bond acceptors (Lipinski definition) is 1. The summed E-state index contributed by atoms with van der Waals surface area (Å²) >= 11 is 43.0. The third-order valence-corrected chi connectivity index (χ3v) is 25.6. The average molecular weight is 1060 g/mol. The Morgan fingerprint density at radius 2 is 1.00 bits per heavy atom. The summed E-state index contributed by atoms with van der Waals surface area (Å²) in [6, 6.07) is 0. The second-order valence-corrected chi connectivity index (χ2v) is 24.2. The standard InChI is InChI=1S/C7H4Br12O/c8-2(9)4(12,13)6(16,17)7(18,19)5(14,15)3(10,11)1-20/h2,20H,1H2. The fourth-order valence-corrected chi connectivity index (χ4v) is 10.4. The largest absolute Gasteiger partial charge is 0.394 e. The van der Waals surface area contributed by atoms with Gasteiger partial charge in [-0.25, -0.2) is 0 Å². The molecule has 0 aromatic heterocycles. The molecular weight excluding hydrogens is 1060 g/mol. The highest BCUT2D eigenvalue weighted by Crippen LogP contribution is 2.72. The van der Waals surface area contributed by atoms with Gasteiger partial charge >= 0.3 is 0 Å². The molecule has 20 heavy (non-hydrogen) atoms. The molecule has 0 unspecified atom stereocenters. The summed E-state index contributed by atoms with van der Waals surface area (Å²) in [6.45, 7) is -0.192. The van der Waals surface area contributed by atoms with Gasteiger partial charge in [0.1, 0.15) is 16.2 Å². The Balaban J connectivity index is 5.98. The van der Waals surface area contributed by atoms with Crippen molar-refractivity contribution in [3.05, 3.63) is 0 Å². The Bertz CT molecular complexity index is 348. The Morgan fingerprint density at radius 1 is 0.650 bits per heavy atom. The van der Waals surface area contributed by atoms with Crippen LogP contribution >= 0.6 is 191 Å². The molecule has 0 heterocycles. The van der Waals surface area contributed by atoms with Crippen LogP contribution in [-0.4, -0.2) is 31.6 Å². The van der Waals surface area contributed by atoms with E-state index >= 15 is 0 Å². The van der Waals surface area contributed by atoms with Crippen LogP contribution in [0.5, 0.6) is 0 Å². The van der Waals surface area contributed by atoms with E-state index in [0.717, 1.165) is 0 Å². The Hall–Kier alpha value is 5.72. The summed E-state index contributed by atoms with van der Waals surface area (Å²) in [5.74, 6) is 0. The van der Waals surface area contributed by atoms with Crippen molar-refractivity contribution < 1.29 is 5.11 Å². The molecule has 0 saturated heterocycles. The van der Waals surface area contributed by atoms with Gasteiger partial charge in [-0.2, -0.15) is 0 Å². The van der Waals surface area contributed by atoms with Crippen LogP contribution in [-0.2, 0) is 0 Å². The van der Waals surface area contributed by atoms with Crippen molar-refractivity contribution in [2.45, 2.75) is 19.9 Å². The highest BCUT2D eigenvalue weighted by molar-refractivity contribution is 9.36. The minimum atomic E-state index is -0.885. The van der Waals surface area contributed by atoms with Crippen molar-refractivity contribution in [3.8, 4) is 0 Å². The molecule has 0 aliphatic rings. The molecular formula is C7H4Br12O. The molecule has 122 valence electrons. The lowest BCUT2D eigenvalue weighted by Crippen LogP contribution is -2.62. The van der Waals surface area contributed by atoms with Crippen LogP contribution in [0, 0.1) is 0 Å². The Kier molecular flexibility index (Phi) is 11.3. The van der Waals surface area contributed by atoms with Crippen molar-refractivity contribution in [2.24, 2.45) is 0 Å². The first-order chi connectivity index (χ1) is 8.50. The Morgan fingerprint density at radius 3 is 1.25 bits per heavy atom. The number of alkyl halides is 12. The summed E-state index contributed by atoms with van der Waals surface area (Å²) in [7, 11) is 0. The molecule has 1 N–H and O–H groups in total. The first kappa shape index (κ1) is 25.7. The normalized spacial score (nSPS) is 15.9. The van der Waals surface area contributed by atoms with Gasteiger partial charge in [0.25, 0.3) is 0 Å². The fourth-order valence-electron chi connectivity index (χ4n) is 0.872. The number of halogens is 12. The van der Waals surface area contributed by atoms with Gasteiger partial charge in [0.2, 0.25) is 0 Å². The van der Waals surface area contributed by atoms with Crippen molar-refractivity contribution in [3.63, 3.8) is 0 Å². The summed E-state index contributed by atoms with van der Waals surface area (Å²) in [4.78, 5) is 0. The third kappa shape index (κ3) is 4.76. The van der Waals surface area contributed by atoms with Crippen LogP contribution < -0.4 is 0 Å². The van der Waals surface area contributed by atoms with Crippen LogP contribution in [0.2, 0.25) is 0 Å². The van der Waals surface area contributed by atoms with E-state index in [1.54, 1.807) is 0 Å². The molecule has 0 spiro atoms. The van der Waals surface area contributed by atoms with Gasteiger partial charge in [0, 0.05) is 0 Å². The third-order valence-electron chi connectivity index (χ3n) is 2.14. The molecule has 0 atom stereocenters. The van der Waals surface area contributed by atoms with Gasteiger partial charge in [-0.15, -0.1) is 0 Å². The zero-order valence-corrected chi connectivity index (χ0v) is 27.8. The molecule has 1 nitrogen and oxygen atoms in total. The second kappa shape index (κ2) is 8.82. The van der Waals surface area contributed by atoms with Crippen molar-refractivity contribution in [1.29, 1.82) is 0 Å². The molecule has 13 heteroatoms. The maximum atomic E-state index is 9.60. The molecule has 0 aromatic carbocycles. The van der Waals surface area contributed by atoms with E-state index in [4.69, 9.17) is 0 Å². The van der Waals surface area contributed by atoms with E-state index in [1.165, 1.54) is 0 Å². The smallest absolute Gasteiger partial charge is 0.135 e. The van der Waals surface area contributed by atoms with E-state index in [-0.39, 0.29) is 10.3 Å². The van der Waals surface area contributed by atoms with Gasteiger partial charge in [-0.1, -0.05) is 191 Å². The van der Waals surface area contributed by atoms with Crippen molar-refractivity contribution in [1.82, 2.24) is 0 Å².